The molecule has 1 heterocycles. The molecular weight excluding hydrogens is 190 g/mol. The van der Waals surface area contributed by atoms with E-state index in [0.717, 1.165) is 24.3 Å². The second kappa shape index (κ2) is 4.21. The van der Waals surface area contributed by atoms with Crippen molar-refractivity contribution in [1.29, 1.82) is 0 Å². The fourth-order valence-corrected chi connectivity index (χ4v) is 1.67. The third-order valence-electron chi connectivity index (χ3n) is 2.55. The van der Waals surface area contributed by atoms with Crippen LogP contribution in [-0.4, -0.2) is 18.5 Å². The third kappa shape index (κ3) is 2.62. The van der Waals surface area contributed by atoms with Crippen molar-refractivity contribution >= 4 is 17.3 Å². The number of nitrogen functional groups attached to an aromatic ring is 1. The minimum Gasteiger partial charge on any atom is -0.399 e. The van der Waals surface area contributed by atoms with Crippen LogP contribution in [0.3, 0.4) is 0 Å². The highest BCUT2D eigenvalue weighted by Gasteiger charge is 2.19. The summed E-state index contributed by atoms with van der Waals surface area (Å²) in [6, 6.07) is 7.85. The molecule has 1 aromatic carbocycles. The van der Waals surface area contributed by atoms with E-state index < -0.39 is 0 Å². The second-order valence-corrected chi connectivity index (χ2v) is 3.81. The Bertz CT molecular complexity index is 347. The molecule has 2 rings (SSSR count). The fraction of sp³-hybridized carbons (Fsp3) is 0.364. The highest BCUT2D eigenvalue weighted by atomic mass is 16.1. The lowest BCUT2D eigenvalue weighted by Gasteiger charge is -2.12. The number of rotatable bonds is 3. The van der Waals surface area contributed by atoms with Gasteiger partial charge in [0.05, 0.1) is 0 Å². The van der Waals surface area contributed by atoms with Gasteiger partial charge in [-0.1, -0.05) is 0 Å². The predicted molar refractivity (Wildman–Crippen MR) is 60.5 cm³/mol. The predicted octanol–water partition coefficient (Wildman–Crippen LogP) is 0.959. The van der Waals surface area contributed by atoms with Crippen LogP contribution in [0, 0.1) is 0 Å². The molecule has 0 bridgehead atoms. The summed E-state index contributed by atoms with van der Waals surface area (Å²) < 4.78 is 0. The summed E-state index contributed by atoms with van der Waals surface area (Å²) in [5.41, 5.74) is 7.37. The molecule has 4 N–H and O–H groups in total. The van der Waals surface area contributed by atoms with Crippen molar-refractivity contribution in [2.45, 2.75) is 18.9 Å². The number of nitrogens with two attached hydrogens (primary N) is 1. The smallest absolute Gasteiger partial charge is 0.220 e. The summed E-state index contributed by atoms with van der Waals surface area (Å²) in [7, 11) is 0. The number of nitrogens with one attached hydrogen (secondary N) is 2. The zero-order chi connectivity index (χ0) is 10.7. The molecule has 1 aliphatic rings. The molecular formula is C11H15N3O. The van der Waals surface area contributed by atoms with Gasteiger partial charge in [0.25, 0.3) is 0 Å². The largest absolute Gasteiger partial charge is 0.399 e. The summed E-state index contributed by atoms with van der Waals surface area (Å²) >= 11 is 0. The van der Waals surface area contributed by atoms with E-state index in [1.54, 1.807) is 0 Å². The van der Waals surface area contributed by atoms with Crippen LogP contribution in [0.5, 0.6) is 0 Å². The van der Waals surface area contributed by atoms with Crippen LogP contribution in [0.15, 0.2) is 24.3 Å². The standard InChI is InChI=1S/C11H15N3O/c12-8-1-3-9(4-2-8)13-7-10-5-6-11(15)14-10/h1-4,10,13H,5-7,12H2,(H,14,15). The monoisotopic (exact) mass is 205 g/mol. The molecule has 0 saturated carbocycles. The van der Waals surface area contributed by atoms with Crippen molar-refractivity contribution in [2.75, 3.05) is 17.6 Å². The van der Waals surface area contributed by atoms with E-state index in [1.165, 1.54) is 0 Å². The number of carbonyl (C=O) groups is 1. The van der Waals surface area contributed by atoms with Gasteiger partial charge >= 0.3 is 0 Å². The van der Waals surface area contributed by atoms with Gasteiger partial charge in [0.1, 0.15) is 0 Å². The molecule has 1 aliphatic heterocycles. The van der Waals surface area contributed by atoms with Crippen LogP contribution in [0.4, 0.5) is 11.4 Å². The average Bonchev–Trinajstić information content (AvgIpc) is 2.64. The quantitative estimate of drug-likeness (QED) is 0.644. The van der Waals surface area contributed by atoms with Gasteiger partial charge in [-0.05, 0) is 30.7 Å². The van der Waals surface area contributed by atoms with Gasteiger partial charge in [0.2, 0.25) is 5.91 Å². The third-order valence-corrected chi connectivity index (χ3v) is 2.55. The summed E-state index contributed by atoms with van der Waals surface area (Å²) in [5.74, 6) is 0.152. The van der Waals surface area contributed by atoms with Crippen LogP contribution in [0.2, 0.25) is 0 Å². The maximum Gasteiger partial charge on any atom is 0.220 e. The first kappa shape index (κ1) is 9.83. The number of hydrogen-bond donors (Lipinski definition) is 3. The van der Waals surface area contributed by atoms with Crippen molar-refractivity contribution in [3.8, 4) is 0 Å². The lowest BCUT2D eigenvalue weighted by molar-refractivity contribution is -0.119. The summed E-state index contributed by atoms with van der Waals surface area (Å²) in [6.07, 6.45) is 1.56. The van der Waals surface area contributed by atoms with Crippen LogP contribution >= 0.6 is 0 Å². The maximum absolute atomic E-state index is 11.0. The van der Waals surface area contributed by atoms with E-state index in [1.807, 2.05) is 24.3 Å². The SMILES string of the molecule is Nc1ccc(NCC2CCC(=O)N2)cc1. The van der Waals surface area contributed by atoms with Crippen molar-refractivity contribution in [2.24, 2.45) is 0 Å². The summed E-state index contributed by atoms with van der Waals surface area (Å²) in [6.45, 7) is 0.773. The Hall–Kier alpha value is -1.71. The highest BCUT2D eigenvalue weighted by molar-refractivity contribution is 5.78. The van der Waals surface area contributed by atoms with Gasteiger partial charge in [-0.25, -0.2) is 0 Å². The first-order valence-corrected chi connectivity index (χ1v) is 5.13. The van der Waals surface area contributed by atoms with Crippen LogP contribution in [-0.2, 0) is 4.79 Å². The number of hydrogen-bond acceptors (Lipinski definition) is 3. The van der Waals surface area contributed by atoms with Crippen molar-refractivity contribution in [3.63, 3.8) is 0 Å². The number of anilines is 2. The van der Waals surface area contributed by atoms with E-state index in [2.05, 4.69) is 10.6 Å². The number of benzene rings is 1. The summed E-state index contributed by atoms with van der Waals surface area (Å²) in [5, 5.41) is 6.17. The van der Waals surface area contributed by atoms with Gasteiger partial charge in [0, 0.05) is 30.4 Å². The van der Waals surface area contributed by atoms with Crippen LogP contribution in [0.1, 0.15) is 12.8 Å². The van der Waals surface area contributed by atoms with Crippen LogP contribution in [0.25, 0.3) is 0 Å². The molecule has 1 aromatic rings. The number of carbonyl (C=O) groups excluding carboxylic acids is 1. The molecule has 4 nitrogen and oxygen atoms in total. The van der Waals surface area contributed by atoms with Gasteiger partial charge < -0.3 is 16.4 Å². The van der Waals surface area contributed by atoms with Gasteiger partial charge in [0.15, 0.2) is 0 Å². The first-order valence-electron chi connectivity index (χ1n) is 5.13. The average molecular weight is 205 g/mol. The van der Waals surface area contributed by atoms with Crippen LogP contribution < -0.4 is 16.4 Å². The normalized spacial score (nSPS) is 20.0. The molecule has 1 fully saturated rings. The Morgan fingerprint density at radius 1 is 1.40 bits per heavy atom. The van der Waals surface area contributed by atoms with E-state index in [-0.39, 0.29) is 11.9 Å². The molecule has 1 atom stereocenters. The Labute approximate surface area is 88.9 Å². The zero-order valence-corrected chi connectivity index (χ0v) is 8.49. The molecule has 4 heteroatoms. The molecule has 0 spiro atoms. The Morgan fingerprint density at radius 2 is 2.13 bits per heavy atom. The zero-order valence-electron chi connectivity index (χ0n) is 8.49. The van der Waals surface area contributed by atoms with Crippen molar-refractivity contribution < 1.29 is 4.79 Å². The second-order valence-electron chi connectivity index (χ2n) is 3.81. The Morgan fingerprint density at radius 3 is 2.73 bits per heavy atom. The molecule has 80 valence electrons. The molecule has 0 radical (unpaired) electrons. The molecule has 0 aromatic heterocycles. The molecule has 1 saturated heterocycles. The fourth-order valence-electron chi connectivity index (χ4n) is 1.67. The minimum atomic E-state index is 0.152. The summed E-state index contributed by atoms with van der Waals surface area (Å²) in [4.78, 5) is 11.0. The van der Waals surface area contributed by atoms with Crippen molar-refractivity contribution in [3.05, 3.63) is 24.3 Å². The van der Waals surface area contributed by atoms with Crippen molar-refractivity contribution in [1.82, 2.24) is 5.32 Å². The first-order chi connectivity index (χ1) is 7.24. The van der Waals surface area contributed by atoms with Gasteiger partial charge in [-0.15, -0.1) is 0 Å². The Balaban J connectivity index is 1.83. The lowest BCUT2D eigenvalue weighted by atomic mass is 10.2. The van der Waals surface area contributed by atoms with Gasteiger partial charge in [-0.2, -0.15) is 0 Å². The minimum absolute atomic E-state index is 0.152. The topological polar surface area (TPSA) is 67.1 Å². The molecule has 1 unspecified atom stereocenters. The van der Waals surface area contributed by atoms with E-state index in [4.69, 9.17) is 5.73 Å². The molecule has 1 amide bonds. The molecule has 15 heavy (non-hydrogen) atoms. The lowest BCUT2D eigenvalue weighted by Crippen LogP contribution is -2.31. The van der Waals surface area contributed by atoms with E-state index in [9.17, 15) is 4.79 Å². The highest BCUT2D eigenvalue weighted by Crippen LogP contribution is 2.12. The molecule has 0 aliphatic carbocycles. The Kier molecular flexibility index (Phi) is 2.76. The van der Waals surface area contributed by atoms with E-state index >= 15 is 0 Å². The maximum atomic E-state index is 11.0. The number of amides is 1. The van der Waals surface area contributed by atoms with E-state index in [0.29, 0.717) is 6.42 Å². The van der Waals surface area contributed by atoms with Gasteiger partial charge in [-0.3, -0.25) is 4.79 Å².